The third-order valence-electron chi connectivity index (χ3n) is 3.82. The van der Waals surface area contributed by atoms with Gasteiger partial charge in [-0.25, -0.2) is 4.98 Å². The molecule has 1 unspecified atom stereocenters. The van der Waals surface area contributed by atoms with E-state index in [4.69, 9.17) is 4.74 Å². The molecule has 0 fully saturated rings. The van der Waals surface area contributed by atoms with Crippen LogP contribution in [0.15, 0.2) is 42.6 Å². The first kappa shape index (κ1) is 13.9. The summed E-state index contributed by atoms with van der Waals surface area (Å²) in [7, 11) is 0. The van der Waals surface area contributed by atoms with Crippen molar-refractivity contribution in [1.82, 2.24) is 4.98 Å². The minimum Gasteiger partial charge on any atom is -0.473 e. The quantitative estimate of drug-likeness (QED) is 0.904. The van der Waals surface area contributed by atoms with Crippen molar-refractivity contribution in [2.24, 2.45) is 0 Å². The molecule has 1 atom stereocenters. The Kier molecular flexibility index (Phi) is 4.09. The zero-order chi connectivity index (χ0) is 14.7. The number of aryl methyl sites for hydroxylation is 1. The van der Waals surface area contributed by atoms with Crippen LogP contribution in [0.2, 0.25) is 0 Å². The molecule has 0 amide bonds. The predicted octanol–water partition coefficient (Wildman–Crippen LogP) is 4.36. The first-order valence-corrected chi connectivity index (χ1v) is 7.70. The van der Waals surface area contributed by atoms with Crippen LogP contribution in [-0.2, 0) is 6.42 Å². The van der Waals surface area contributed by atoms with Gasteiger partial charge >= 0.3 is 0 Å². The van der Waals surface area contributed by atoms with Gasteiger partial charge in [-0.2, -0.15) is 0 Å². The van der Waals surface area contributed by atoms with Crippen molar-refractivity contribution < 1.29 is 4.74 Å². The van der Waals surface area contributed by atoms with Gasteiger partial charge in [-0.15, -0.1) is 0 Å². The lowest BCUT2D eigenvalue weighted by Crippen LogP contribution is -2.18. The first-order chi connectivity index (χ1) is 10.2. The summed E-state index contributed by atoms with van der Waals surface area (Å²) in [4.78, 5) is 4.36. The number of fused-ring (bicyclic) bond motifs is 1. The number of hydrogen-bond acceptors (Lipinski definition) is 3. The highest BCUT2D eigenvalue weighted by molar-refractivity contribution is 5.54. The molecule has 21 heavy (non-hydrogen) atoms. The summed E-state index contributed by atoms with van der Waals surface area (Å²) in [5.74, 6) is 0.690. The van der Waals surface area contributed by atoms with Gasteiger partial charge in [0.15, 0.2) is 0 Å². The Balaban J connectivity index is 1.85. The van der Waals surface area contributed by atoms with Gasteiger partial charge in [-0.05, 0) is 56.4 Å². The smallest absolute Gasteiger partial charge is 0.237 e. The minimum absolute atomic E-state index is 0.124. The molecule has 1 N–H and O–H groups in total. The van der Waals surface area contributed by atoms with Gasteiger partial charge in [-0.3, -0.25) is 0 Å². The van der Waals surface area contributed by atoms with E-state index >= 15 is 0 Å². The molecule has 0 saturated carbocycles. The average molecular weight is 282 g/mol. The second-order valence-electron chi connectivity index (χ2n) is 5.81. The Labute approximate surface area is 126 Å². The molecule has 1 aromatic heterocycles. The molecule has 1 aromatic carbocycles. The maximum Gasteiger partial charge on any atom is 0.237 e. The number of benzene rings is 1. The zero-order valence-corrected chi connectivity index (χ0v) is 12.7. The van der Waals surface area contributed by atoms with E-state index in [1.54, 1.807) is 6.20 Å². The van der Waals surface area contributed by atoms with E-state index in [0.29, 0.717) is 11.9 Å². The summed E-state index contributed by atoms with van der Waals surface area (Å²) in [5.41, 5.74) is 3.84. The van der Waals surface area contributed by atoms with Crippen molar-refractivity contribution in [3.63, 3.8) is 0 Å². The fraction of sp³-hybridized carbons (Fsp3) is 0.389. The van der Waals surface area contributed by atoms with E-state index in [1.807, 2.05) is 26.0 Å². The molecule has 0 radical (unpaired) electrons. The van der Waals surface area contributed by atoms with Crippen LogP contribution in [0.5, 0.6) is 5.88 Å². The maximum absolute atomic E-state index is 5.80. The molecule has 1 aliphatic rings. The highest BCUT2D eigenvalue weighted by Crippen LogP contribution is 2.34. The van der Waals surface area contributed by atoms with E-state index in [-0.39, 0.29) is 6.10 Å². The van der Waals surface area contributed by atoms with Crippen LogP contribution in [0.25, 0.3) is 0 Å². The van der Waals surface area contributed by atoms with Gasteiger partial charge < -0.3 is 10.1 Å². The summed E-state index contributed by atoms with van der Waals surface area (Å²) >= 11 is 0. The fourth-order valence-electron chi connectivity index (χ4n) is 2.91. The largest absolute Gasteiger partial charge is 0.473 e. The van der Waals surface area contributed by atoms with Gasteiger partial charge in [0.2, 0.25) is 5.88 Å². The third kappa shape index (κ3) is 3.18. The van der Waals surface area contributed by atoms with Gasteiger partial charge in [0.1, 0.15) is 0 Å². The molecule has 1 aliphatic carbocycles. The van der Waals surface area contributed by atoms with Crippen LogP contribution in [0, 0.1) is 0 Å². The van der Waals surface area contributed by atoms with Crippen molar-refractivity contribution in [2.45, 2.75) is 45.3 Å². The van der Waals surface area contributed by atoms with Crippen LogP contribution < -0.4 is 10.1 Å². The van der Waals surface area contributed by atoms with Crippen molar-refractivity contribution in [3.05, 3.63) is 53.7 Å². The molecule has 0 saturated heterocycles. The number of rotatable bonds is 4. The van der Waals surface area contributed by atoms with E-state index in [1.165, 1.54) is 24.0 Å². The van der Waals surface area contributed by atoms with Crippen LogP contribution in [-0.4, -0.2) is 11.1 Å². The van der Waals surface area contributed by atoms with Crippen molar-refractivity contribution in [1.29, 1.82) is 0 Å². The number of nitrogens with zero attached hydrogens (tertiary/aromatic N) is 1. The van der Waals surface area contributed by atoms with Crippen LogP contribution >= 0.6 is 0 Å². The summed E-state index contributed by atoms with van der Waals surface area (Å²) in [6.45, 7) is 4.04. The molecule has 3 heteroatoms. The maximum atomic E-state index is 5.80. The summed E-state index contributed by atoms with van der Waals surface area (Å²) in [6, 6.07) is 13.0. The molecule has 110 valence electrons. The Morgan fingerprint density at radius 1 is 1.19 bits per heavy atom. The Hall–Kier alpha value is -2.03. The predicted molar refractivity (Wildman–Crippen MR) is 85.7 cm³/mol. The molecule has 0 spiro atoms. The number of nitrogens with one attached hydrogen (secondary N) is 1. The summed E-state index contributed by atoms with van der Waals surface area (Å²) in [6.07, 6.45) is 5.44. The number of aromatic nitrogens is 1. The van der Waals surface area contributed by atoms with E-state index < -0.39 is 0 Å². The van der Waals surface area contributed by atoms with E-state index in [2.05, 4.69) is 34.6 Å². The lowest BCUT2D eigenvalue weighted by molar-refractivity contribution is 0.234. The zero-order valence-electron chi connectivity index (χ0n) is 12.7. The Morgan fingerprint density at radius 2 is 2.05 bits per heavy atom. The van der Waals surface area contributed by atoms with Crippen LogP contribution in [0.3, 0.4) is 0 Å². The molecule has 3 nitrogen and oxygen atoms in total. The number of anilines is 1. The van der Waals surface area contributed by atoms with Gasteiger partial charge in [-0.1, -0.05) is 24.3 Å². The second-order valence-corrected chi connectivity index (χ2v) is 5.81. The van der Waals surface area contributed by atoms with Gasteiger partial charge in [0.25, 0.3) is 0 Å². The van der Waals surface area contributed by atoms with E-state index in [9.17, 15) is 0 Å². The van der Waals surface area contributed by atoms with Crippen LogP contribution in [0.4, 0.5) is 5.69 Å². The standard InChI is InChI=1S/C18H22N2O/c1-13(2)21-18-17(11-6-12-19-18)20-16-10-5-8-14-7-3-4-9-15(14)16/h3-4,6-7,9,11-13,16,20H,5,8,10H2,1-2H3. The number of ether oxygens (including phenoxy) is 1. The minimum atomic E-state index is 0.124. The monoisotopic (exact) mass is 282 g/mol. The molecule has 2 aromatic rings. The second kappa shape index (κ2) is 6.17. The van der Waals surface area contributed by atoms with Gasteiger partial charge in [0.05, 0.1) is 17.8 Å². The molecule has 1 heterocycles. The fourth-order valence-corrected chi connectivity index (χ4v) is 2.91. The average Bonchev–Trinajstić information content (AvgIpc) is 2.49. The lowest BCUT2D eigenvalue weighted by Gasteiger charge is -2.28. The lowest BCUT2D eigenvalue weighted by atomic mass is 9.87. The molecular formula is C18H22N2O. The van der Waals surface area contributed by atoms with E-state index in [0.717, 1.165) is 12.1 Å². The highest BCUT2D eigenvalue weighted by atomic mass is 16.5. The van der Waals surface area contributed by atoms with Crippen molar-refractivity contribution in [3.8, 4) is 5.88 Å². The van der Waals surface area contributed by atoms with Crippen molar-refractivity contribution in [2.75, 3.05) is 5.32 Å². The number of hydrogen-bond donors (Lipinski definition) is 1. The SMILES string of the molecule is CC(C)Oc1ncccc1NC1CCCc2ccccc21. The Bertz CT molecular complexity index is 610. The first-order valence-electron chi connectivity index (χ1n) is 7.70. The van der Waals surface area contributed by atoms with Crippen LogP contribution in [0.1, 0.15) is 43.9 Å². The topological polar surface area (TPSA) is 34.1 Å². The Morgan fingerprint density at radius 3 is 2.90 bits per heavy atom. The summed E-state index contributed by atoms with van der Waals surface area (Å²) in [5, 5.41) is 3.62. The molecule has 0 aliphatic heterocycles. The van der Waals surface area contributed by atoms with Crippen molar-refractivity contribution >= 4 is 5.69 Å². The summed E-state index contributed by atoms with van der Waals surface area (Å²) < 4.78 is 5.80. The molecular weight excluding hydrogens is 260 g/mol. The molecule has 3 rings (SSSR count). The highest BCUT2D eigenvalue weighted by Gasteiger charge is 2.20. The molecule has 0 bridgehead atoms. The third-order valence-corrected chi connectivity index (χ3v) is 3.82. The normalized spacial score (nSPS) is 17.4. The number of pyridine rings is 1. The van der Waals surface area contributed by atoms with Gasteiger partial charge in [0, 0.05) is 6.20 Å².